The molecule has 1 aliphatic heterocycles. The van der Waals surface area contributed by atoms with Crippen LogP contribution in [0.15, 0.2) is 97.3 Å². The van der Waals surface area contributed by atoms with Crippen LogP contribution in [0.2, 0.25) is 0 Å². The Kier molecular flexibility index (Phi) is 7.76. The molecule has 0 amide bonds. The van der Waals surface area contributed by atoms with Gasteiger partial charge in [0, 0.05) is 35.7 Å². The normalized spacial score (nSPS) is 13.9. The van der Waals surface area contributed by atoms with E-state index in [0.29, 0.717) is 30.5 Å². The van der Waals surface area contributed by atoms with Gasteiger partial charge in [0.15, 0.2) is 6.29 Å². The van der Waals surface area contributed by atoms with Gasteiger partial charge in [-0.05, 0) is 23.3 Å². The summed E-state index contributed by atoms with van der Waals surface area (Å²) in [6, 6.07) is 27.2. The van der Waals surface area contributed by atoms with Crippen LogP contribution in [0.4, 0.5) is 0 Å². The van der Waals surface area contributed by atoms with Gasteiger partial charge in [-0.2, -0.15) is 0 Å². The van der Waals surface area contributed by atoms with Gasteiger partial charge < -0.3 is 14.2 Å². The minimum atomic E-state index is 0.255. The van der Waals surface area contributed by atoms with Crippen LogP contribution >= 0.6 is 0 Å². The molecule has 1 fully saturated rings. The molecule has 0 aliphatic carbocycles. The molecule has 1 unspecified atom stereocenters. The van der Waals surface area contributed by atoms with Crippen molar-refractivity contribution in [2.75, 3.05) is 6.61 Å². The number of carbonyl (C=O) groups excluding carboxylic acids is 1. The fourth-order valence-electron chi connectivity index (χ4n) is 2.92. The van der Waals surface area contributed by atoms with Gasteiger partial charge in [-0.1, -0.05) is 60.7 Å². The Hall–Kier alpha value is -4.03. The van der Waals surface area contributed by atoms with Gasteiger partial charge in [-0.25, -0.2) is 9.97 Å². The predicted octanol–water partition coefficient (Wildman–Crippen LogP) is 5.21. The van der Waals surface area contributed by atoms with E-state index in [2.05, 4.69) is 9.97 Å². The second kappa shape index (κ2) is 11.5. The van der Waals surface area contributed by atoms with Crippen LogP contribution in [0.3, 0.4) is 0 Å². The molecule has 2 aromatic carbocycles. The number of ether oxygens (including phenoxy) is 3. The standard InChI is InChI=1S/C14H13NO2.C13H11NO2/c1-2-4-11(5-3-1)9-17-14-7-6-12(8-15-14)13-10-16-13;15-9-12-6-7-13(14-8-12)16-10-11-4-2-1-3-5-11/h1-8,13H,9-10H2;1-9H,10H2. The Morgan fingerprint density at radius 1 is 0.758 bits per heavy atom. The van der Waals surface area contributed by atoms with E-state index in [0.717, 1.165) is 29.6 Å². The van der Waals surface area contributed by atoms with Crippen molar-refractivity contribution in [1.29, 1.82) is 0 Å². The Balaban J connectivity index is 0.000000157. The minimum Gasteiger partial charge on any atom is -0.473 e. The molecule has 0 N–H and O–H groups in total. The lowest BCUT2D eigenvalue weighted by Crippen LogP contribution is -1.97. The number of nitrogens with zero attached hydrogens (tertiary/aromatic N) is 2. The second-order valence-electron chi connectivity index (χ2n) is 7.35. The SMILES string of the molecule is O=Cc1ccc(OCc2ccccc2)nc1.c1ccc(COc2ccc(C3CO3)cn2)cc1. The molecule has 5 rings (SSSR count). The van der Waals surface area contributed by atoms with Crippen molar-refractivity contribution in [3.63, 3.8) is 0 Å². The number of benzene rings is 2. The second-order valence-corrected chi connectivity index (χ2v) is 7.35. The summed E-state index contributed by atoms with van der Waals surface area (Å²) in [4.78, 5) is 18.7. The summed E-state index contributed by atoms with van der Waals surface area (Å²) in [5, 5.41) is 0. The first-order chi connectivity index (χ1) is 16.3. The molecular weight excluding hydrogens is 416 g/mol. The first-order valence-electron chi connectivity index (χ1n) is 10.6. The van der Waals surface area contributed by atoms with Crippen LogP contribution < -0.4 is 9.47 Å². The average Bonchev–Trinajstić information content (AvgIpc) is 3.74. The summed E-state index contributed by atoms with van der Waals surface area (Å²) in [5.41, 5.74) is 3.90. The summed E-state index contributed by atoms with van der Waals surface area (Å²) >= 11 is 0. The van der Waals surface area contributed by atoms with Crippen molar-refractivity contribution in [3.05, 3.63) is 120 Å². The number of epoxide rings is 1. The Morgan fingerprint density at radius 2 is 1.30 bits per heavy atom. The molecule has 6 heteroatoms. The average molecular weight is 440 g/mol. The molecule has 4 aromatic rings. The van der Waals surface area contributed by atoms with Crippen molar-refractivity contribution < 1.29 is 19.0 Å². The fraction of sp³-hybridized carbons (Fsp3) is 0.148. The predicted molar refractivity (Wildman–Crippen MR) is 124 cm³/mol. The van der Waals surface area contributed by atoms with Crippen molar-refractivity contribution in [2.45, 2.75) is 19.3 Å². The largest absolute Gasteiger partial charge is 0.473 e. The van der Waals surface area contributed by atoms with Gasteiger partial charge in [0.1, 0.15) is 19.3 Å². The highest BCUT2D eigenvalue weighted by Crippen LogP contribution is 2.29. The number of hydrogen-bond acceptors (Lipinski definition) is 6. The number of pyridine rings is 2. The number of aromatic nitrogens is 2. The monoisotopic (exact) mass is 440 g/mol. The lowest BCUT2D eigenvalue weighted by Gasteiger charge is -2.05. The summed E-state index contributed by atoms with van der Waals surface area (Å²) in [6.45, 7) is 1.84. The lowest BCUT2D eigenvalue weighted by molar-refractivity contribution is 0.112. The molecular formula is C27H24N2O4. The van der Waals surface area contributed by atoms with Gasteiger partial charge in [-0.15, -0.1) is 0 Å². The maximum absolute atomic E-state index is 10.4. The van der Waals surface area contributed by atoms with Crippen molar-refractivity contribution in [3.8, 4) is 11.8 Å². The van der Waals surface area contributed by atoms with Crippen LogP contribution in [0.5, 0.6) is 11.8 Å². The highest BCUT2D eigenvalue weighted by atomic mass is 16.6. The van der Waals surface area contributed by atoms with E-state index in [1.54, 1.807) is 12.1 Å². The fourth-order valence-corrected chi connectivity index (χ4v) is 2.92. The molecule has 33 heavy (non-hydrogen) atoms. The van der Waals surface area contributed by atoms with Gasteiger partial charge >= 0.3 is 0 Å². The third-order valence-electron chi connectivity index (χ3n) is 4.82. The van der Waals surface area contributed by atoms with Crippen LogP contribution in [-0.2, 0) is 18.0 Å². The summed E-state index contributed by atoms with van der Waals surface area (Å²) in [6.07, 6.45) is 4.32. The molecule has 3 heterocycles. The van der Waals surface area contributed by atoms with Crippen LogP contribution in [0.25, 0.3) is 0 Å². The Bertz CT molecular complexity index is 1110. The van der Waals surface area contributed by atoms with Gasteiger partial charge in [0.25, 0.3) is 0 Å². The zero-order valence-corrected chi connectivity index (χ0v) is 18.0. The summed E-state index contributed by atoms with van der Waals surface area (Å²) in [7, 11) is 0. The molecule has 1 atom stereocenters. The molecule has 0 bridgehead atoms. The van der Waals surface area contributed by atoms with E-state index in [9.17, 15) is 4.79 Å². The molecule has 1 aliphatic rings. The zero-order valence-electron chi connectivity index (χ0n) is 18.0. The van der Waals surface area contributed by atoms with Gasteiger partial charge in [0.2, 0.25) is 11.8 Å². The van der Waals surface area contributed by atoms with Gasteiger partial charge in [-0.3, -0.25) is 4.79 Å². The molecule has 166 valence electrons. The maximum atomic E-state index is 10.4. The quantitative estimate of drug-likeness (QED) is 0.277. The zero-order chi connectivity index (χ0) is 22.7. The van der Waals surface area contributed by atoms with E-state index in [4.69, 9.17) is 14.2 Å². The maximum Gasteiger partial charge on any atom is 0.213 e. The number of carbonyl (C=O) groups is 1. The van der Waals surface area contributed by atoms with E-state index >= 15 is 0 Å². The van der Waals surface area contributed by atoms with Crippen molar-refractivity contribution in [1.82, 2.24) is 9.97 Å². The molecule has 6 nitrogen and oxygen atoms in total. The van der Waals surface area contributed by atoms with Crippen LogP contribution in [0, 0.1) is 0 Å². The van der Waals surface area contributed by atoms with E-state index in [-0.39, 0.29) is 6.10 Å². The van der Waals surface area contributed by atoms with Crippen molar-refractivity contribution in [2.24, 2.45) is 0 Å². The minimum absolute atomic E-state index is 0.255. The van der Waals surface area contributed by atoms with Crippen LogP contribution in [0.1, 0.15) is 33.2 Å². The number of rotatable bonds is 8. The molecule has 2 aromatic heterocycles. The number of aldehydes is 1. The third-order valence-corrected chi connectivity index (χ3v) is 4.82. The smallest absolute Gasteiger partial charge is 0.213 e. The first kappa shape index (κ1) is 22.2. The highest BCUT2D eigenvalue weighted by Gasteiger charge is 2.24. The molecule has 0 radical (unpaired) electrons. The third kappa shape index (κ3) is 7.26. The summed E-state index contributed by atoms with van der Waals surface area (Å²) in [5.74, 6) is 1.17. The van der Waals surface area contributed by atoms with E-state index in [1.165, 1.54) is 6.20 Å². The summed E-state index contributed by atoms with van der Waals surface area (Å²) < 4.78 is 16.2. The molecule has 0 saturated carbocycles. The van der Waals surface area contributed by atoms with Crippen LogP contribution in [-0.4, -0.2) is 22.9 Å². The van der Waals surface area contributed by atoms with E-state index < -0.39 is 0 Å². The Morgan fingerprint density at radius 3 is 1.73 bits per heavy atom. The number of hydrogen-bond donors (Lipinski definition) is 0. The highest BCUT2D eigenvalue weighted by molar-refractivity contribution is 5.73. The van der Waals surface area contributed by atoms with Crippen molar-refractivity contribution >= 4 is 6.29 Å². The van der Waals surface area contributed by atoms with Gasteiger partial charge in [0.05, 0.1) is 6.61 Å². The Labute approximate surface area is 192 Å². The molecule has 0 spiro atoms. The molecule has 1 saturated heterocycles. The lowest BCUT2D eigenvalue weighted by atomic mass is 10.2. The van der Waals surface area contributed by atoms with E-state index in [1.807, 2.05) is 79.0 Å². The first-order valence-corrected chi connectivity index (χ1v) is 10.6. The topological polar surface area (TPSA) is 73.8 Å².